The van der Waals surface area contributed by atoms with Crippen LogP contribution in [0.15, 0.2) is 0 Å². The smallest absolute Gasteiger partial charge is 0.323 e. The molecule has 0 spiro atoms. The van der Waals surface area contributed by atoms with E-state index in [1.54, 1.807) is 0 Å². The predicted octanol–water partition coefficient (Wildman–Crippen LogP) is -0.384. The highest BCUT2D eigenvalue weighted by atomic mass is 16.6. The number of carbonyl (C=O) groups is 1. The molecule has 2 aliphatic rings. The van der Waals surface area contributed by atoms with Gasteiger partial charge in [-0.05, 0) is 7.05 Å². The topological polar surface area (TPSA) is 29.5 Å². The number of likely N-dealkylation sites (tertiary alicyclic amines) is 1. The van der Waals surface area contributed by atoms with Crippen molar-refractivity contribution in [2.24, 2.45) is 0 Å². The average Bonchev–Trinajstić information content (AvgIpc) is 2.22. The quantitative estimate of drug-likeness (QED) is 0.415. The SMILES string of the molecule is CN1C[C@H]2C[C@@H]1C(=O)O2. The molecule has 2 aliphatic heterocycles. The van der Waals surface area contributed by atoms with Crippen molar-refractivity contribution in [2.45, 2.75) is 18.6 Å². The average molecular weight is 127 g/mol. The maximum atomic E-state index is 10.8. The lowest BCUT2D eigenvalue weighted by Gasteiger charge is -2.19. The van der Waals surface area contributed by atoms with Crippen molar-refractivity contribution in [1.82, 2.24) is 4.90 Å². The normalized spacial score (nSPS) is 41.7. The zero-order valence-electron chi connectivity index (χ0n) is 5.33. The minimum Gasteiger partial charge on any atom is -0.460 e. The Morgan fingerprint density at radius 1 is 1.78 bits per heavy atom. The molecular formula is C6H9NO2. The third kappa shape index (κ3) is 0.580. The van der Waals surface area contributed by atoms with Crippen molar-refractivity contribution >= 4 is 5.97 Å². The van der Waals surface area contributed by atoms with Gasteiger partial charge in [0.05, 0.1) is 0 Å². The van der Waals surface area contributed by atoms with Gasteiger partial charge >= 0.3 is 5.97 Å². The highest BCUT2D eigenvalue weighted by molar-refractivity contribution is 5.79. The van der Waals surface area contributed by atoms with E-state index in [4.69, 9.17) is 4.74 Å². The number of nitrogens with zero attached hydrogens (tertiary/aromatic N) is 1. The molecule has 0 radical (unpaired) electrons. The van der Waals surface area contributed by atoms with Crippen LogP contribution in [-0.2, 0) is 9.53 Å². The predicted molar refractivity (Wildman–Crippen MR) is 30.9 cm³/mol. The van der Waals surface area contributed by atoms with Crippen molar-refractivity contribution in [3.63, 3.8) is 0 Å². The number of esters is 1. The second-order valence-corrected chi connectivity index (χ2v) is 2.75. The fourth-order valence-corrected chi connectivity index (χ4v) is 1.56. The molecule has 2 saturated heterocycles. The summed E-state index contributed by atoms with van der Waals surface area (Å²) in [6, 6.07) is 0.0787. The molecule has 2 fully saturated rings. The summed E-state index contributed by atoms with van der Waals surface area (Å²) in [4.78, 5) is 12.8. The molecular weight excluding hydrogens is 118 g/mol. The van der Waals surface area contributed by atoms with Gasteiger partial charge in [-0.1, -0.05) is 0 Å². The number of likely N-dealkylation sites (N-methyl/N-ethyl adjacent to an activating group) is 1. The van der Waals surface area contributed by atoms with E-state index in [1.807, 2.05) is 7.05 Å². The van der Waals surface area contributed by atoms with Gasteiger partial charge in [-0.3, -0.25) is 9.69 Å². The van der Waals surface area contributed by atoms with Crippen LogP contribution in [0.5, 0.6) is 0 Å². The summed E-state index contributed by atoms with van der Waals surface area (Å²) in [6.07, 6.45) is 1.11. The first-order valence-corrected chi connectivity index (χ1v) is 3.18. The van der Waals surface area contributed by atoms with Crippen LogP contribution in [0.1, 0.15) is 6.42 Å². The summed E-state index contributed by atoms with van der Waals surface area (Å²) >= 11 is 0. The van der Waals surface area contributed by atoms with E-state index in [0.29, 0.717) is 0 Å². The Morgan fingerprint density at radius 2 is 2.56 bits per heavy atom. The van der Waals surface area contributed by atoms with Crippen LogP contribution >= 0.6 is 0 Å². The van der Waals surface area contributed by atoms with Crippen LogP contribution in [0.3, 0.4) is 0 Å². The zero-order valence-corrected chi connectivity index (χ0v) is 5.33. The van der Waals surface area contributed by atoms with Crippen molar-refractivity contribution in [1.29, 1.82) is 0 Å². The van der Waals surface area contributed by atoms with Gasteiger partial charge in [-0.2, -0.15) is 0 Å². The first-order valence-electron chi connectivity index (χ1n) is 3.18. The van der Waals surface area contributed by atoms with E-state index in [1.165, 1.54) is 0 Å². The van der Waals surface area contributed by atoms with Gasteiger partial charge in [-0.15, -0.1) is 0 Å². The number of ether oxygens (including phenoxy) is 1. The van der Waals surface area contributed by atoms with Crippen LogP contribution in [0, 0.1) is 0 Å². The molecule has 0 aromatic heterocycles. The van der Waals surface area contributed by atoms with Gasteiger partial charge < -0.3 is 4.74 Å². The second kappa shape index (κ2) is 1.48. The van der Waals surface area contributed by atoms with Crippen LogP contribution in [0.4, 0.5) is 0 Å². The number of hydrogen-bond acceptors (Lipinski definition) is 3. The standard InChI is InChI=1S/C6H9NO2/c1-7-3-4-2-5(7)6(8)9-4/h4-5H,2-3H2,1H3/t4-,5-/m1/s1. The molecule has 2 atom stereocenters. The Balaban J connectivity index is 2.21. The molecule has 3 heteroatoms. The Labute approximate surface area is 53.6 Å². The minimum absolute atomic E-state index is 0.0336. The largest absolute Gasteiger partial charge is 0.460 e. The van der Waals surface area contributed by atoms with E-state index in [0.717, 1.165) is 13.0 Å². The molecule has 2 bridgehead atoms. The number of rotatable bonds is 0. The van der Waals surface area contributed by atoms with Gasteiger partial charge in [0.2, 0.25) is 0 Å². The van der Waals surface area contributed by atoms with E-state index < -0.39 is 0 Å². The summed E-state index contributed by atoms with van der Waals surface area (Å²) in [7, 11) is 1.96. The van der Waals surface area contributed by atoms with Gasteiger partial charge in [0, 0.05) is 13.0 Å². The summed E-state index contributed by atoms with van der Waals surface area (Å²) in [5.41, 5.74) is 0. The molecule has 9 heavy (non-hydrogen) atoms. The Kier molecular flexibility index (Phi) is 0.858. The van der Waals surface area contributed by atoms with Crippen molar-refractivity contribution < 1.29 is 9.53 Å². The molecule has 50 valence electrons. The van der Waals surface area contributed by atoms with Gasteiger partial charge in [0.25, 0.3) is 0 Å². The van der Waals surface area contributed by atoms with Crippen LogP contribution < -0.4 is 0 Å². The summed E-state index contributed by atoms with van der Waals surface area (Å²) in [5, 5.41) is 0. The highest BCUT2D eigenvalue weighted by Crippen LogP contribution is 2.26. The third-order valence-corrected chi connectivity index (χ3v) is 2.06. The first kappa shape index (κ1) is 5.23. The van der Waals surface area contributed by atoms with Crippen LogP contribution in [-0.4, -0.2) is 36.6 Å². The van der Waals surface area contributed by atoms with Crippen molar-refractivity contribution in [3.05, 3.63) is 0 Å². The van der Waals surface area contributed by atoms with Crippen molar-refractivity contribution in [3.8, 4) is 0 Å². The summed E-state index contributed by atoms with van der Waals surface area (Å²) in [5.74, 6) is -0.0336. The van der Waals surface area contributed by atoms with Gasteiger partial charge in [0.1, 0.15) is 12.1 Å². The highest BCUT2D eigenvalue weighted by Gasteiger charge is 2.44. The minimum atomic E-state index is -0.0336. The van der Waals surface area contributed by atoms with E-state index in [2.05, 4.69) is 4.90 Å². The molecule has 0 N–H and O–H groups in total. The lowest BCUT2D eigenvalue weighted by atomic mass is 10.2. The van der Waals surface area contributed by atoms with E-state index in [9.17, 15) is 4.79 Å². The van der Waals surface area contributed by atoms with Gasteiger partial charge in [0.15, 0.2) is 0 Å². The molecule has 0 unspecified atom stereocenters. The van der Waals surface area contributed by atoms with E-state index >= 15 is 0 Å². The molecule has 3 nitrogen and oxygen atoms in total. The van der Waals surface area contributed by atoms with Gasteiger partial charge in [-0.25, -0.2) is 0 Å². The molecule has 2 rings (SSSR count). The third-order valence-electron chi connectivity index (χ3n) is 2.06. The number of carbonyl (C=O) groups excluding carboxylic acids is 1. The first-order chi connectivity index (χ1) is 4.27. The fraction of sp³-hybridized carbons (Fsp3) is 0.833. The number of morpholine rings is 1. The lowest BCUT2D eigenvalue weighted by Crippen LogP contribution is -2.37. The molecule has 0 aromatic rings. The lowest BCUT2D eigenvalue weighted by molar-refractivity contribution is -0.150. The second-order valence-electron chi connectivity index (χ2n) is 2.75. The molecule has 0 saturated carbocycles. The Bertz CT molecular complexity index is 157. The zero-order chi connectivity index (χ0) is 6.43. The number of hydrogen-bond donors (Lipinski definition) is 0. The summed E-state index contributed by atoms with van der Waals surface area (Å²) in [6.45, 7) is 0.927. The maximum Gasteiger partial charge on any atom is 0.323 e. The summed E-state index contributed by atoms with van der Waals surface area (Å²) < 4.78 is 4.95. The Morgan fingerprint density at radius 3 is 2.89 bits per heavy atom. The number of fused-ring (bicyclic) bond motifs is 2. The molecule has 2 heterocycles. The van der Waals surface area contributed by atoms with Crippen molar-refractivity contribution in [2.75, 3.05) is 13.6 Å². The Hall–Kier alpha value is -0.570. The molecule has 0 aromatic carbocycles. The molecule has 0 amide bonds. The van der Waals surface area contributed by atoms with Crippen LogP contribution in [0.2, 0.25) is 0 Å². The molecule has 0 aliphatic carbocycles. The monoisotopic (exact) mass is 127 g/mol. The fourth-order valence-electron chi connectivity index (χ4n) is 1.56. The van der Waals surface area contributed by atoms with Crippen LogP contribution in [0.25, 0.3) is 0 Å². The maximum absolute atomic E-state index is 10.8. The van der Waals surface area contributed by atoms with E-state index in [-0.39, 0.29) is 18.1 Å².